The van der Waals surface area contributed by atoms with Crippen LogP contribution < -0.4 is 5.32 Å². The maximum absolute atomic E-state index is 13.6. The van der Waals surface area contributed by atoms with Gasteiger partial charge in [-0.3, -0.25) is 10.1 Å². The third-order valence-corrected chi connectivity index (χ3v) is 3.39. The minimum Gasteiger partial charge on any atom is -0.378 e. The van der Waals surface area contributed by atoms with E-state index in [4.69, 9.17) is 0 Å². The van der Waals surface area contributed by atoms with Gasteiger partial charge in [0.25, 0.3) is 0 Å². The summed E-state index contributed by atoms with van der Waals surface area (Å²) in [5.74, 6) is -2.77. The molecule has 0 fully saturated rings. The Hall–Kier alpha value is -2.09. The summed E-state index contributed by atoms with van der Waals surface area (Å²) in [6, 6.07) is 5.48. The minimum atomic E-state index is -1.26. The standard InChI is InChI=1S/C13H8BrF3N2O2/c14-8-2-1-3-9(15)13(8)18-6-7-4-12(19(20)21)11(17)5-10(7)16/h1-5,18H,6H2. The summed E-state index contributed by atoms with van der Waals surface area (Å²) in [6.07, 6.45) is 0. The first-order chi connectivity index (χ1) is 9.90. The van der Waals surface area contributed by atoms with E-state index < -0.39 is 28.1 Å². The second-order valence-electron chi connectivity index (χ2n) is 4.10. The molecular formula is C13H8BrF3N2O2. The number of anilines is 1. The van der Waals surface area contributed by atoms with E-state index >= 15 is 0 Å². The van der Waals surface area contributed by atoms with Crippen LogP contribution in [-0.4, -0.2) is 4.92 Å². The smallest absolute Gasteiger partial charge is 0.305 e. The molecule has 2 aromatic carbocycles. The first-order valence-electron chi connectivity index (χ1n) is 5.70. The van der Waals surface area contributed by atoms with Crippen molar-refractivity contribution in [2.75, 3.05) is 5.32 Å². The molecular weight excluding hydrogens is 353 g/mol. The first-order valence-corrected chi connectivity index (χ1v) is 6.49. The van der Waals surface area contributed by atoms with Crippen molar-refractivity contribution in [3.8, 4) is 0 Å². The molecule has 0 atom stereocenters. The monoisotopic (exact) mass is 360 g/mol. The van der Waals surface area contributed by atoms with Crippen molar-refractivity contribution in [1.82, 2.24) is 0 Å². The van der Waals surface area contributed by atoms with E-state index in [0.717, 1.165) is 6.07 Å². The van der Waals surface area contributed by atoms with E-state index in [1.165, 1.54) is 12.1 Å². The normalized spacial score (nSPS) is 10.5. The molecule has 0 saturated heterocycles. The highest BCUT2D eigenvalue weighted by atomic mass is 79.9. The zero-order chi connectivity index (χ0) is 15.6. The lowest BCUT2D eigenvalue weighted by molar-refractivity contribution is -0.387. The second-order valence-corrected chi connectivity index (χ2v) is 4.96. The number of nitro groups is 1. The molecule has 0 aromatic heterocycles. The van der Waals surface area contributed by atoms with E-state index in [0.29, 0.717) is 10.5 Å². The molecule has 4 nitrogen and oxygen atoms in total. The van der Waals surface area contributed by atoms with E-state index in [-0.39, 0.29) is 17.8 Å². The van der Waals surface area contributed by atoms with Gasteiger partial charge >= 0.3 is 5.69 Å². The van der Waals surface area contributed by atoms with Crippen molar-refractivity contribution in [3.63, 3.8) is 0 Å². The zero-order valence-corrected chi connectivity index (χ0v) is 12.0. The Kier molecular flexibility index (Phi) is 4.46. The molecule has 0 amide bonds. The summed E-state index contributed by atoms with van der Waals surface area (Å²) in [5, 5.41) is 13.2. The first kappa shape index (κ1) is 15.3. The van der Waals surface area contributed by atoms with Crippen LogP contribution in [0.1, 0.15) is 5.56 Å². The molecule has 21 heavy (non-hydrogen) atoms. The van der Waals surface area contributed by atoms with Crippen molar-refractivity contribution in [2.45, 2.75) is 6.54 Å². The van der Waals surface area contributed by atoms with Crippen molar-refractivity contribution in [1.29, 1.82) is 0 Å². The van der Waals surface area contributed by atoms with Crippen molar-refractivity contribution in [2.24, 2.45) is 0 Å². The highest BCUT2D eigenvalue weighted by molar-refractivity contribution is 9.10. The number of para-hydroxylation sites is 1. The SMILES string of the molecule is O=[N+]([O-])c1cc(CNc2c(F)cccc2Br)c(F)cc1F. The molecule has 0 bridgehead atoms. The lowest BCUT2D eigenvalue weighted by atomic mass is 10.1. The number of hydrogen-bond acceptors (Lipinski definition) is 3. The molecule has 0 aliphatic rings. The van der Waals surface area contributed by atoms with Gasteiger partial charge in [0.2, 0.25) is 5.82 Å². The van der Waals surface area contributed by atoms with Crippen LogP contribution in [0.15, 0.2) is 34.8 Å². The van der Waals surface area contributed by atoms with Gasteiger partial charge in [-0.1, -0.05) is 6.07 Å². The Morgan fingerprint density at radius 1 is 1.14 bits per heavy atom. The summed E-state index contributed by atoms with van der Waals surface area (Å²) in [4.78, 5) is 9.68. The van der Waals surface area contributed by atoms with Crippen molar-refractivity contribution >= 4 is 27.3 Å². The van der Waals surface area contributed by atoms with Crippen LogP contribution in [0, 0.1) is 27.6 Å². The van der Waals surface area contributed by atoms with Crippen LogP contribution in [-0.2, 0) is 6.54 Å². The third-order valence-electron chi connectivity index (χ3n) is 2.73. The van der Waals surface area contributed by atoms with E-state index in [1.54, 1.807) is 6.07 Å². The fraction of sp³-hybridized carbons (Fsp3) is 0.0769. The van der Waals surface area contributed by atoms with E-state index in [9.17, 15) is 23.3 Å². The van der Waals surface area contributed by atoms with Crippen LogP contribution >= 0.6 is 15.9 Å². The van der Waals surface area contributed by atoms with Gasteiger partial charge in [-0.15, -0.1) is 0 Å². The molecule has 1 N–H and O–H groups in total. The Morgan fingerprint density at radius 2 is 1.86 bits per heavy atom. The summed E-state index contributed by atoms with van der Waals surface area (Å²) in [7, 11) is 0. The van der Waals surface area contributed by atoms with Crippen LogP contribution in [0.3, 0.4) is 0 Å². The van der Waals surface area contributed by atoms with Gasteiger partial charge in [-0.25, -0.2) is 8.78 Å². The molecule has 2 rings (SSSR count). The average molecular weight is 361 g/mol. The van der Waals surface area contributed by atoms with Gasteiger partial charge in [0.15, 0.2) is 0 Å². The van der Waals surface area contributed by atoms with Crippen LogP contribution in [0.2, 0.25) is 0 Å². The van der Waals surface area contributed by atoms with Gasteiger partial charge < -0.3 is 5.32 Å². The van der Waals surface area contributed by atoms with E-state index in [1.807, 2.05) is 0 Å². The summed E-state index contributed by atoms with van der Waals surface area (Å²) in [5.41, 5.74) is -0.886. The topological polar surface area (TPSA) is 55.2 Å². The molecule has 0 aliphatic carbocycles. The number of hydrogen-bond donors (Lipinski definition) is 1. The summed E-state index contributed by atoms with van der Waals surface area (Å²) in [6.45, 7) is -0.230. The fourth-order valence-electron chi connectivity index (χ4n) is 1.71. The number of benzene rings is 2. The van der Waals surface area contributed by atoms with Gasteiger partial charge in [0.05, 0.1) is 10.6 Å². The Balaban J connectivity index is 2.28. The zero-order valence-electron chi connectivity index (χ0n) is 10.4. The predicted octanol–water partition coefficient (Wildman–Crippen LogP) is 4.39. The highest BCUT2D eigenvalue weighted by Crippen LogP contribution is 2.27. The fourth-order valence-corrected chi connectivity index (χ4v) is 2.19. The van der Waals surface area contributed by atoms with Gasteiger partial charge in [-0.05, 0) is 28.1 Å². The van der Waals surface area contributed by atoms with Crippen LogP contribution in [0.25, 0.3) is 0 Å². The molecule has 2 aromatic rings. The number of nitro benzene ring substituents is 1. The van der Waals surface area contributed by atoms with Gasteiger partial charge in [0, 0.05) is 28.7 Å². The number of halogens is 4. The Bertz CT molecular complexity index is 690. The minimum absolute atomic E-state index is 0.0869. The quantitative estimate of drug-likeness (QED) is 0.649. The molecule has 0 unspecified atom stereocenters. The van der Waals surface area contributed by atoms with E-state index in [2.05, 4.69) is 21.2 Å². The average Bonchev–Trinajstić information content (AvgIpc) is 2.39. The van der Waals surface area contributed by atoms with Crippen molar-refractivity contribution < 1.29 is 18.1 Å². The second kappa shape index (κ2) is 6.13. The Labute approximate surface area is 125 Å². The molecule has 0 aliphatic heterocycles. The van der Waals surface area contributed by atoms with Crippen LogP contribution in [0.5, 0.6) is 0 Å². The Morgan fingerprint density at radius 3 is 2.48 bits per heavy atom. The predicted molar refractivity (Wildman–Crippen MR) is 74.4 cm³/mol. The van der Waals surface area contributed by atoms with Crippen LogP contribution in [0.4, 0.5) is 24.5 Å². The molecule has 110 valence electrons. The third kappa shape index (κ3) is 3.33. The number of nitrogens with zero attached hydrogens (tertiary/aromatic N) is 1. The maximum atomic E-state index is 13.6. The highest BCUT2D eigenvalue weighted by Gasteiger charge is 2.18. The van der Waals surface area contributed by atoms with Gasteiger partial charge in [0.1, 0.15) is 11.6 Å². The molecule has 0 saturated carbocycles. The largest absolute Gasteiger partial charge is 0.378 e. The molecule has 0 radical (unpaired) electrons. The maximum Gasteiger partial charge on any atom is 0.305 e. The lowest BCUT2D eigenvalue weighted by Crippen LogP contribution is -2.06. The molecule has 8 heteroatoms. The van der Waals surface area contributed by atoms with Crippen molar-refractivity contribution in [3.05, 3.63) is 67.9 Å². The number of nitrogens with one attached hydrogen (secondary N) is 1. The molecule has 0 heterocycles. The van der Waals surface area contributed by atoms with Gasteiger partial charge in [-0.2, -0.15) is 4.39 Å². The summed E-state index contributed by atoms with van der Waals surface area (Å²) >= 11 is 3.12. The summed E-state index contributed by atoms with van der Waals surface area (Å²) < 4.78 is 40.8. The molecule has 0 spiro atoms. The lowest BCUT2D eigenvalue weighted by Gasteiger charge is -2.10. The number of rotatable bonds is 4.